The van der Waals surface area contributed by atoms with Gasteiger partial charge in [-0.15, -0.1) is 0 Å². The number of amides is 1. The van der Waals surface area contributed by atoms with Crippen LogP contribution in [0.1, 0.15) is 43.5 Å². The van der Waals surface area contributed by atoms with Gasteiger partial charge in [-0.1, -0.05) is 44.9 Å². The number of pyridine rings is 1. The number of aryl methyl sites for hydroxylation is 1. The first-order valence-electron chi connectivity index (χ1n) is 8.38. The second-order valence-electron chi connectivity index (χ2n) is 6.85. The first-order valence-corrected chi connectivity index (χ1v) is 8.38. The number of aromatic nitrogens is 1. The van der Waals surface area contributed by atoms with Gasteiger partial charge in [-0.05, 0) is 24.3 Å². The van der Waals surface area contributed by atoms with Gasteiger partial charge in [-0.2, -0.15) is 0 Å². The highest BCUT2D eigenvalue weighted by molar-refractivity contribution is 6.06. The maximum Gasteiger partial charge on any atom is 0.258 e. The summed E-state index contributed by atoms with van der Waals surface area (Å²) in [7, 11) is 1.69. The van der Waals surface area contributed by atoms with Crippen LogP contribution in [0.2, 0.25) is 0 Å². The lowest BCUT2D eigenvalue weighted by Gasteiger charge is -2.34. The van der Waals surface area contributed by atoms with Crippen molar-refractivity contribution in [3.05, 3.63) is 46.4 Å². The van der Waals surface area contributed by atoms with Crippen LogP contribution >= 0.6 is 0 Å². The summed E-state index contributed by atoms with van der Waals surface area (Å²) in [4.78, 5) is 25.0. The molecule has 4 heteroatoms. The zero-order valence-corrected chi connectivity index (χ0v) is 14.0. The van der Waals surface area contributed by atoms with Crippen LogP contribution in [0.4, 0.5) is 0 Å². The Morgan fingerprint density at radius 2 is 1.87 bits per heavy atom. The van der Waals surface area contributed by atoms with E-state index in [1.54, 1.807) is 19.3 Å². The van der Waals surface area contributed by atoms with E-state index in [1.165, 1.54) is 11.0 Å². The fourth-order valence-electron chi connectivity index (χ4n) is 3.63. The van der Waals surface area contributed by atoms with Crippen molar-refractivity contribution >= 4 is 16.7 Å². The largest absolute Gasteiger partial charge is 0.349 e. The highest BCUT2D eigenvalue weighted by Crippen LogP contribution is 2.29. The zero-order valence-electron chi connectivity index (χ0n) is 14.0. The quantitative estimate of drug-likeness (QED) is 0.926. The summed E-state index contributed by atoms with van der Waals surface area (Å²) in [6.45, 7) is 4.47. The third kappa shape index (κ3) is 2.90. The van der Waals surface area contributed by atoms with E-state index in [4.69, 9.17) is 0 Å². The molecule has 1 fully saturated rings. The van der Waals surface area contributed by atoms with Gasteiger partial charge in [-0.3, -0.25) is 9.59 Å². The monoisotopic (exact) mass is 312 g/mol. The van der Waals surface area contributed by atoms with Crippen LogP contribution in [0.25, 0.3) is 10.8 Å². The van der Waals surface area contributed by atoms with E-state index in [0.29, 0.717) is 22.8 Å². The lowest BCUT2D eigenvalue weighted by atomic mass is 9.78. The highest BCUT2D eigenvalue weighted by Gasteiger charge is 2.28. The van der Waals surface area contributed by atoms with Crippen LogP contribution in [0, 0.1) is 11.8 Å². The predicted molar refractivity (Wildman–Crippen MR) is 92.6 cm³/mol. The van der Waals surface area contributed by atoms with Crippen molar-refractivity contribution in [3.8, 4) is 0 Å². The summed E-state index contributed by atoms with van der Waals surface area (Å²) in [5, 5.41) is 4.52. The fourth-order valence-corrected chi connectivity index (χ4v) is 3.63. The van der Waals surface area contributed by atoms with E-state index in [1.807, 2.05) is 18.2 Å². The highest BCUT2D eigenvalue weighted by atomic mass is 16.2. The van der Waals surface area contributed by atoms with E-state index in [-0.39, 0.29) is 17.5 Å². The second-order valence-corrected chi connectivity index (χ2v) is 6.85. The Labute approximate surface area is 136 Å². The maximum atomic E-state index is 12.8. The third-order valence-electron chi connectivity index (χ3n) is 5.36. The number of carbonyl (C=O) groups excluding carboxylic acids is 1. The van der Waals surface area contributed by atoms with Crippen molar-refractivity contribution < 1.29 is 4.79 Å². The number of rotatable bonds is 2. The van der Waals surface area contributed by atoms with Crippen molar-refractivity contribution in [2.24, 2.45) is 18.9 Å². The van der Waals surface area contributed by atoms with Crippen LogP contribution in [0.15, 0.2) is 35.3 Å². The molecular formula is C19H24N2O2. The van der Waals surface area contributed by atoms with Gasteiger partial charge in [-0.25, -0.2) is 0 Å². The SMILES string of the molecule is CC1CCCC(NC(=O)c2cn(C)c(=O)c3ccccc23)C1C. The van der Waals surface area contributed by atoms with Crippen molar-refractivity contribution in [2.45, 2.75) is 39.2 Å². The molecule has 0 spiro atoms. The molecule has 1 aliphatic carbocycles. The average molecular weight is 312 g/mol. The number of hydrogen-bond acceptors (Lipinski definition) is 2. The molecule has 1 saturated carbocycles. The Morgan fingerprint density at radius 1 is 1.17 bits per heavy atom. The second kappa shape index (κ2) is 6.19. The predicted octanol–water partition coefficient (Wildman–Crippen LogP) is 3.09. The topological polar surface area (TPSA) is 51.1 Å². The van der Waals surface area contributed by atoms with Gasteiger partial charge in [0.25, 0.3) is 11.5 Å². The van der Waals surface area contributed by atoms with E-state index >= 15 is 0 Å². The lowest BCUT2D eigenvalue weighted by Crippen LogP contribution is -2.44. The van der Waals surface area contributed by atoms with Gasteiger partial charge in [0, 0.05) is 30.1 Å². The first-order chi connectivity index (χ1) is 11.0. The van der Waals surface area contributed by atoms with Gasteiger partial charge in [0.1, 0.15) is 0 Å². The Balaban J connectivity index is 1.95. The minimum Gasteiger partial charge on any atom is -0.349 e. The lowest BCUT2D eigenvalue weighted by molar-refractivity contribution is 0.0892. The first kappa shape index (κ1) is 15.8. The molecule has 0 radical (unpaired) electrons. The molecule has 1 aromatic heterocycles. The van der Waals surface area contributed by atoms with Gasteiger partial charge in [0.15, 0.2) is 0 Å². The Morgan fingerprint density at radius 3 is 2.61 bits per heavy atom. The van der Waals surface area contributed by atoms with Gasteiger partial charge < -0.3 is 9.88 Å². The minimum atomic E-state index is -0.0808. The number of fused-ring (bicyclic) bond motifs is 1. The Hall–Kier alpha value is -2.10. The molecule has 1 aromatic carbocycles. The smallest absolute Gasteiger partial charge is 0.258 e. The number of nitrogens with zero attached hydrogens (tertiary/aromatic N) is 1. The third-order valence-corrected chi connectivity index (χ3v) is 5.36. The van der Waals surface area contributed by atoms with Crippen molar-refractivity contribution in [1.29, 1.82) is 0 Å². The number of hydrogen-bond donors (Lipinski definition) is 1. The average Bonchev–Trinajstić information content (AvgIpc) is 2.55. The van der Waals surface area contributed by atoms with Crippen LogP contribution in [-0.4, -0.2) is 16.5 Å². The van der Waals surface area contributed by atoms with E-state index in [2.05, 4.69) is 19.2 Å². The molecule has 23 heavy (non-hydrogen) atoms. The van der Waals surface area contributed by atoms with Gasteiger partial charge in [0.05, 0.1) is 5.56 Å². The molecule has 3 unspecified atom stereocenters. The maximum absolute atomic E-state index is 12.8. The molecule has 2 aromatic rings. The van der Waals surface area contributed by atoms with Crippen molar-refractivity contribution in [2.75, 3.05) is 0 Å². The van der Waals surface area contributed by atoms with Crippen LogP contribution in [0.3, 0.4) is 0 Å². The summed E-state index contributed by atoms with van der Waals surface area (Å²) in [5.41, 5.74) is 0.505. The molecule has 0 bridgehead atoms. The molecule has 3 rings (SSSR count). The molecule has 3 atom stereocenters. The molecule has 122 valence electrons. The summed E-state index contributed by atoms with van der Waals surface area (Å²) in [6, 6.07) is 7.53. The van der Waals surface area contributed by atoms with E-state index < -0.39 is 0 Å². The molecule has 0 aliphatic heterocycles. The summed E-state index contributed by atoms with van der Waals surface area (Å²) in [5.74, 6) is 1.03. The summed E-state index contributed by atoms with van der Waals surface area (Å²) >= 11 is 0. The minimum absolute atomic E-state index is 0.0724. The molecule has 0 saturated heterocycles. The Kier molecular flexibility index (Phi) is 4.24. The summed E-state index contributed by atoms with van der Waals surface area (Å²) in [6.07, 6.45) is 5.07. The molecule has 4 nitrogen and oxygen atoms in total. The number of nitrogens with one attached hydrogen (secondary N) is 1. The number of carbonyl (C=O) groups is 1. The molecule has 1 N–H and O–H groups in total. The van der Waals surface area contributed by atoms with Gasteiger partial charge in [0.2, 0.25) is 0 Å². The molecular weight excluding hydrogens is 288 g/mol. The van der Waals surface area contributed by atoms with E-state index in [9.17, 15) is 9.59 Å². The van der Waals surface area contributed by atoms with Crippen LogP contribution < -0.4 is 10.9 Å². The summed E-state index contributed by atoms with van der Waals surface area (Å²) < 4.78 is 1.49. The molecule has 1 aliphatic rings. The molecule has 1 heterocycles. The normalized spacial score (nSPS) is 24.6. The van der Waals surface area contributed by atoms with Crippen molar-refractivity contribution in [3.63, 3.8) is 0 Å². The Bertz CT molecular complexity index is 794. The molecule has 1 amide bonds. The standard InChI is InChI=1S/C19H24N2O2/c1-12-7-6-10-17(13(12)2)20-18(22)16-11-21(3)19(23)15-9-5-4-8-14(15)16/h4-5,8-9,11-13,17H,6-7,10H2,1-3H3,(H,20,22). The van der Waals surface area contributed by atoms with Gasteiger partial charge >= 0.3 is 0 Å². The van der Waals surface area contributed by atoms with Crippen LogP contribution in [0.5, 0.6) is 0 Å². The van der Waals surface area contributed by atoms with Crippen molar-refractivity contribution in [1.82, 2.24) is 9.88 Å². The zero-order chi connectivity index (χ0) is 16.6. The van der Waals surface area contributed by atoms with Crippen LogP contribution in [-0.2, 0) is 7.05 Å². The number of benzene rings is 1. The van der Waals surface area contributed by atoms with E-state index in [0.717, 1.165) is 18.2 Å². The fraction of sp³-hybridized carbons (Fsp3) is 0.474.